The average Bonchev–Trinajstić information content (AvgIpc) is 1.31. The first kappa shape index (κ1) is 7.03. The Hall–Kier alpha value is 0.0284. The monoisotopic (exact) mass is 164 g/mol. The molecule has 0 rings (SSSR count). The zero-order chi connectivity index (χ0) is 6.08. The summed E-state index contributed by atoms with van der Waals surface area (Å²) >= 11 is 1.23. The molecular weight excluding hydrogens is 155 g/mol. The normalized spacial score (nSPS) is 11.3. The molecule has 0 saturated carbocycles. The first-order chi connectivity index (χ1) is 2.94. The molecule has 3 heteroatoms. The van der Waals surface area contributed by atoms with E-state index in [1.54, 1.807) is 13.8 Å². The van der Waals surface area contributed by atoms with Gasteiger partial charge in [0.1, 0.15) is 0 Å². The summed E-state index contributed by atoms with van der Waals surface area (Å²) in [7, 11) is 0. The van der Waals surface area contributed by atoms with Crippen LogP contribution in [0.3, 0.4) is 0 Å². The topological polar surface area (TPSA) is 37.3 Å². The molecule has 2 nitrogen and oxygen atoms in total. The van der Waals surface area contributed by atoms with E-state index in [1.165, 1.54) is 16.9 Å². The molecule has 0 aliphatic heterocycles. The third-order valence-electron chi connectivity index (χ3n) is 0.551. The number of carbonyl (C=O) groups is 1. The third kappa shape index (κ3) is 2.69. The van der Waals surface area contributed by atoms with Gasteiger partial charge in [-0.3, -0.25) is 0 Å². The van der Waals surface area contributed by atoms with Crippen LogP contribution in [0.1, 0.15) is 13.8 Å². The van der Waals surface area contributed by atoms with E-state index in [2.05, 4.69) is 0 Å². The van der Waals surface area contributed by atoms with Gasteiger partial charge in [0.2, 0.25) is 0 Å². The number of hydrogen-bond acceptors (Lipinski definition) is 1. The number of aliphatic carboxylic acids is 1. The van der Waals surface area contributed by atoms with Gasteiger partial charge in [-0.1, -0.05) is 0 Å². The van der Waals surface area contributed by atoms with E-state index in [-0.39, 0.29) is 0 Å². The molecule has 0 radical (unpaired) electrons. The molecule has 0 heterocycles. The van der Waals surface area contributed by atoms with Crippen LogP contribution in [-0.4, -0.2) is 27.9 Å². The van der Waals surface area contributed by atoms with E-state index in [0.29, 0.717) is 0 Å². The summed E-state index contributed by atoms with van der Waals surface area (Å²) in [6.07, 6.45) is 0. The molecule has 1 atom stereocenters. The Bertz CT molecular complexity index is 82.2. The van der Waals surface area contributed by atoms with E-state index in [4.69, 9.17) is 5.11 Å². The van der Waals surface area contributed by atoms with Crippen molar-refractivity contribution in [2.45, 2.75) is 18.1 Å². The fraction of sp³-hybridized carbons (Fsp3) is 0.750. The van der Waals surface area contributed by atoms with Crippen LogP contribution in [0.2, 0.25) is 4.20 Å². The standard InChI is InChI=1S/C4H9AsO2/c1-4(2,5)3(6)7/h5H2,1-2H3,(H,6,7). The molecule has 1 N–H and O–H groups in total. The van der Waals surface area contributed by atoms with Crippen molar-refractivity contribution in [1.82, 2.24) is 0 Å². The Kier molecular flexibility index (Phi) is 1.88. The van der Waals surface area contributed by atoms with Crippen molar-refractivity contribution >= 4 is 22.8 Å². The Morgan fingerprint density at radius 1 is 1.71 bits per heavy atom. The molecular formula is C4H9AsO2. The first-order valence-electron chi connectivity index (χ1n) is 1.97. The molecule has 0 aliphatic rings. The van der Waals surface area contributed by atoms with Crippen LogP contribution in [0.5, 0.6) is 0 Å². The van der Waals surface area contributed by atoms with E-state index >= 15 is 0 Å². The summed E-state index contributed by atoms with van der Waals surface area (Å²) in [6.45, 7) is 3.38. The van der Waals surface area contributed by atoms with Crippen LogP contribution in [0.4, 0.5) is 0 Å². The Balaban J connectivity index is 3.79. The van der Waals surface area contributed by atoms with Crippen LogP contribution in [0.15, 0.2) is 0 Å². The van der Waals surface area contributed by atoms with Crippen LogP contribution >= 0.6 is 0 Å². The predicted molar refractivity (Wildman–Crippen MR) is 30.2 cm³/mol. The fourth-order valence-corrected chi connectivity index (χ4v) is 0. The van der Waals surface area contributed by atoms with Crippen LogP contribution in [0, 0.1) is 0 Å². The van der Waals surface area contributed by atoms with Gasteiger partial charge >= 0.3 is 50.8 Å². The number of rotatable bonds is 1. The second kappa shape index (κ2) is 1.87. The molecule has 0 aromatic heterocycles. The van der Waals surface area contributed by atoms with Gasteiger partial charge in [-0.15, -0.1) is 0 Å². The molecule has 0 amide bonds. The van der Waals surface area contributed by atoms with Gasteiger partial charge in [0.25, 0.3) is 0 Å². The van der Waals surface area contributed by atoms with Crippen molar-refractivity contribution in [2.24, 2.45) is 0 Å². The molecule has 1 unspecified atom stereocenters. The quantitative estimate of drug-likeness (QED) is 0.549. The molecule has 0 aromatic rings. The predicted octanol–water partition coefficient (Wildman–Crippen LogP) is -0.0974. The van der Waals surface area contributed by atoms with Crippen LogP contribution in [-0.2, 0) is 4.79 Å². The minimum absolute atomic E-state index is 0.521. The fourth-order valence-electron chi connectivity index (χ4n) is 0. The summed E-state index contributed by atoms with van der Waals surface area (Å²) in [5.74, 6) is -0.729. The average molecular weight is 164 g/mol. The Morgan fingerprint density at radius 2 is 1.86 bits per heavy atom. The zero-order valence-corrected chi connectivity index (χ0v) is 6.86. The molecule has 42 valence electrons. The molecule has 0 spiro atoms. The van der Waals surface area contributed by atoms with Crippen molar-refractivity contribution in [3.63, 3.8) is 0 Å². The van der Waals surface area contributed by atoms with Gasteiger partial charge in [0.05, 0.1) is 0 Å². The summed E-state index contributed by atoms with van der Waals surface area (Å²) in [5.41, 5.74) is 0. The number of carboxylic acids is 1. The van der Waals surface area contributed by atoms with Gasteiger partial charge < -0.3 is 0 Å². The third-order valence-corrected chi connectivity index (χ3v) is 1.07. The van der Waals surface area contributed by atoms with Gasteiger partial charge in [-0.05, 0) is 0 Å². The molecule has 0 bridgehead atoms. The van der Waals surface area contributed by atoms with Crippen LogP contribution < -0.4 is 0 Å². The van der Waals surface area contributed by atoms with E-state index in [9.17, 15) is 4.79 Å². The minimum atomic E-state index is -0.729. The molecule has 0 fully saturated rings. The first-order valence-corrected chi connectivity index (χ1v) is 3.18. The molecule has 7 heavy (non-hydrogen) atoms. The number of hydrogen-bond donors (Lipinski definition) is 1. The summed E-state index contributed by atoms with van der Waals surface area (Å²) < 4.78 is -0.521. The Morgan fingerprint density at radius 3 is 1.86 bits per heavy atom. The Labute approximate surface area is 51.4 Å². The maximum atomic E-state index is 10.0. The zero-order valence-electron chi connectivity index (χ0n) is 4.43. The van der Waals surface area contributed by atoms with Crippen LogP contribution in [0.25, 0.3) is 0 Å². The summed E-state index contributed by atoms with van der Waals surface area (Å²) in [6, 6.07) is 0. The molecule has 0 saturated heterocycles. The van der Waals surface area contributed by atoms with Gasteiger partial charge in [-0.2, -0.15) is 0 Å². The second-order valence-corrected chi connectivity index (χ2v) is 5.06. The van der Waals surface area contributed by atoms with Crippen molar-refractivity contribution in [3.05, 3.63) is 0 Å². The van der Waals surface area contributed by atoms with Crippen molar-refractivity contribution in [1.29, 1.82) is 0 Å². The van der Waals surface area contributed by atoms with Crippen molar-refractivity contribution in [2.75, 3.05) is 0 Å². The molecule has 0 aliphatic carbocycles. The number of carboxylic acid groups (broad SMARTS) is 1. The molecule has 0 aromatic carbocycles. The van der Waals surface area contributed by atoms with Gasteiger partial charge in [0.15, 0.2) is 0 Å². The van der Waals surface area contributed by atoms with E-state index < -0.39 is 10.2 Å². The SMILES string of the molecule is CC(C)([AsH2])C(=O)O. The second-order valence-electron chi connectivity index (χ2n) is 2.03. The maximum absolute atomic E-state index is 10.0. The summed E-state index contributed by atoms with van der Waals surface area (Å²) in [4.78, 5) is 10.0. The van der Waals surface area contributed by atoms with Gasteiger partial charge in [0, 0.05) is 0 Å². The van der Waals surface area contributed by atoms with Crippen molar-refractivity contribution in [3.8, 4) is 0 Å². The summed E-state index contributed by atoms with van der Waals surface area (Å²) in [5, 5.41) is 8.27. The van der Waals surface area contributed by atoms with Gasteiger partial charge in [-0.25, -0.2) is 0 Å². The van der Waals surface area contributed by atoms with E-state index in [1.807, 2.05) is 0 Å². The van der Waals surface area contributed by atoms with Crippen molar-refractivity contribution < 1.29 is 9.90 Å². The van der Waals surface area contributed by atoms with E-state index in [0.717, 1.165) is 0 Å².